The highest BCUT2D eigenvalue weighted by atomic mass is 16.3. The molecule has 8 heteroatoms. The minimum atomic E-state index is -1.13. The average Bonchev–Trinajstić information content (AvgIpc) is 3.36. The van der Waals surface area contributed by atoms with Gasteiger partial charge < -0.3 is 20.6 Å². The van der Waals surface area contributed by atoms with Crippen molar-refractivity contribution in [1.82, 2.24) is 15.2 Å². The van der Waals surface area contributed by atoms with Crippen LogP contribution in [0.15, 0.2) is 60.8 Å². The second kappa shape index (κ2) is 11.1. The second-order valence-electron chi connectivity index (χ2n) is 11.1. The van der Waals surface area contributed by atoms with Gasteiger partial charge in [0, 0.05) is 17.5 Å². The third kappa shape index (κ3) is 5.06. The standard InChI is InChI=1S/C32H36N4O4/c1-5-18(2)28-30(38)35-27(23-15-21-10-6-7-11-22(21)16-23)32(40)36(28)29(24-17-33-20(4)14-19(24)3)31(39)34-25-12-8-9-13-26(25)37/h6-14,17-18,23,27-29,37H,5,15-16H2,1-4H3,(H,34,39)(H,35,38)/t18-,27+,28+,29?/m0/s1. The molecule has 0 saturated carbocycles. The summed E-state index contributed by atoms with van der Waals surface area (Å²) >= 11 is 0. The van der Waals surface area contributed by atoms with Crippen LogP contribution in [0.25, 0.3) is 0 Å². The zero-order chi connectivity index (χ0) is 28.6. The Labute approximate surface area is 234 Å². The van der Waals surface area contributed by atoms with Gasteiger partial charge in [0.2, 0.25) is 11.8 Å². The topological polar surface area (TPSA) is 112 Å². The monoisotopic (exact) mass is 540 g/mol. The molecule has 2 heterocycles. The summed E-state index contributed by atoms with van der Waals surface area (Å²) in [7, 11) is 0. The zero-order valence-electron chi connectivity index (χ0n) is 23.3. The van der Waals surface area contributed by atoms with E-state index in [1.807, 2.05) is 45.9 Å². The van der Waals surface area contributed by atoms with Gasteiger partial charge in [-0.3, -0.25) is 19.4 Å². The fourth-order valence-corrected chi connectivity index (χ4v) is 6.11. The lowest BCUT2D eigenvalue weighted by atomic mass is 9.85. The molecule has 40 heavy (non-hydrogen) atoms. The van der Waals surface area contributed by atoms with Crippen molar-refractivity contribution in [2.24, 2.45) is 11.8 Å². The smallest absolute Gasteiger partial charge is 0.252 e. The van der Waals surface area contributed by atoms with Crippen molar-refractivity contribution >= 4 is 23.4 Å². The number of para-hydroxylation sites is 2. The Balaban J connectivity index is 1.60. The molecule has 0 bridgehead atoms. The molecule has 208 valence electrons. The van der Waals surface area contributed by atoms with Gasteiger partial charge in [0.05, 0.1) is 5.69 Å². The minimum absolute atomic E-state index is 0.0869. The highest BCUT2D eigenvalue weighted by Crippen LogP contribution is 2.37. The van der Waals surface area contributed by atoms with Crippen molar-refractivity contribution in [2.45, 2.75) is 65.1 Å². The first-order chi connectivity index (χ1) is 19.2. The van der Waals surface area contributed by atoms with E-state index in [-0.39, 0.29) is 35.1 Å². The van der Waals surface area contributed by atoms with Crippen LogP contribution in [0.2, 0.25) is 0 Å². The van der Waals surface area contributed by atoms with Crippen molar-refractivity contribution in [3.8, 4) is 5.75 Å². The van der Waals surface area contributed by atoms with Gasteiger partial charge in [-0.15, -0.1) is 0 Å². The number of piperazine rings is 1. The van der Waals surface area contributed by atoms with E-state index in [2.05, 4.69) is 27.8 Å². The number of carbonyl (C=O) groups is 3. The number of aromatic nitrogens is 1. The number of nitrogens with zero attached hydrogens (tertiary/aromatic N) is 2. The number of anilines is 1. The molecule has 1 aromatic heterocycles. The predicted molar refractivity (Wildman–Crippen MR) is 153 cm³/mol. The number of benzene rings is 2. The summed E-state index contributed by atoms with van der Waals surface area (Å²) in [6.45, 7) is 7.63. The Hall–Kier alpha value is -4.20. The van der Waals surface area contributed by atoms with Crippen LogP contribution >= 0.6 is 0 Å². The summed E-state index contributed by atoms with van der Waals surface area (Å²) in [6.07, 6.45) is 3.61. The predicted octanol–water partition coefficient (Wildman–Crippen LogP) is 4.24. The molecule has 1 saturated heterocycles. The first-order valence-corrected chi connectivity index (χ1v) is 13.9. The van der Waals surface area contributed by atoms with Crippen molar-refractivity contribution in [3.05, 3.63) is 88.7 Å². The summed E-state index contributed by atoms with van der Waals surface area (Å²) < 4.78 is 0. The number of fused-ring (bicyclic) bond motifs is 1. The summed E-state index contributed by atoms with van der Waals surface area (Å²) in [5, 5.41) is 16.3. The van der Waals surface area contributed by atoms with Crippen LogP contribution in [0, 0.1) is 25.7 Å². The van der Waals surface area contributed by atoms with Crippen molar-refractivity contribution < 1.29 is 19.5 Å². The van der Waals surface area contributed by atoms with E-state index >= 15 is 0 Å². The quantitative estimate of drug-likeness (QED) is 0.388. The molecule has 1 aliphatic heterocycles. The molecule has 3 N–H and O–H groups in total. The lowest BCUT2D eigenvalue weighted by Gasteiger charge is -2.46. The number of phenols is 1. The van der Waals surface area contributed by atoms with Crippen LogP contribution < -0.4 is 10.6 Å². The molecule has 1 unspecified atom stereocenters. The van der Waals surface area contributed by atoms with E-state index in [0.29, 0.717) is 24.8 Å². The van der Waals surface area contributed by atoms with E-state index in [9.17, 15) is 19.5 Å². The lowest BCUT2D eigenvalue weighted by molar-refractivity contribution is -0.158. The molecule has 5 rings (SSSR count). The molecule has 3 amide bonds. The molecule has 0 radical (unpaired) electrons. The van der Waals surface area contributed by atoms with Gasteiger partial charge >= 0.3 is 0 Å². The van der Waals surface area contributed by atoms with Gasteiger partial charge in [0.15, 0.2) is 0 Å². The number of nitrogens with one attached hydrogen (secondary N) is 2. The Morgan fingerprint density at radius 1 is 1.10 bits per heavy atom. The molecule has 3 aromatic rings. The Morgan fingerprint density at radius 2 is 1.75 bits per heavy atom. The number of carbonyl (C=O) groups excluding carboxylic acids is 3. The zero-order valence-corrected chi connectivity index (χ0v) is 23.3. The first-order valence-electron chi connectivity index (χ1n) is 13.9. The van der Waals surface area contributed by atoms with Crippen molar-refractivity contribution in [3.63, 3.8) is 0 Å². The highest BCUT2D eigenvalue weighted by Gasteiger charge is 2.51. The maximum absolute atomic E-state index is 14.5. The Kier molecular flexibility index (Phi) is 7.61. The number of amides is 3. The lowest BCUT2D eigenvalue weighted by Crippen LogP contribution is -2.68. The van der Waals surface area contributed by atoms with Crippen LogP contribution in [0.1, 0.15) is 54.3 Å². The van der Waals surface area contributed by atoms with E-state index in [1.165, 1.54) is 22.1 Å². The Morgan fingerprint density at radius 3 is 2.38 bits per heavy atom. The SMILES string of the molecule is CC[C@H](C)[C@@H]1C(=O)N[C@H](C2Cc3ccccc3C2)C(=O)N1C(C(=O)Nc1ccccc1O)c1cnc(C)cc1C. The highest BCUT2D eigenvalue weighted by molar-refractivity contribution is 6.03. The number of pyridine rings is 1. The number of aromatic hydroxyl groups is 1. The number of hydrogen-bond donors (Lipinski definition) is 3. The minimum Gasteiger partial charge on any atom is -0.506 e. The number of hydrogen-bond acceptors (Lipinski definition) is 5. The maximum atomic E-state index is 14.5. The average molecular weight is 541 g/mol. The fourth-order valence-electron chi connectivity index (χ4n) is 6.11. The van der Waals surface area contributed by atoms with Crippen LogP contribution in [0.4, 0.5) is 5.69 Å². The van der Waals surface area contributed by atoms with E-state index in [0.717, 1.165) is 11.3 Å². The summed E-state index contributed by atoms with van der Waals surface area (Å²) in [4.78, 5) is 48.4. The molecule has 1 aliphatic carbocycles. The summed E-state index contributed by atoms with van der Waals surface area (Å²) in [5.41, 5.74) is 4.70. The van der Waals surface area contributed by atoms with E-state index in [4.69, 9.17) is 0 Å². The molecule has 2 aromatic carbocycles. The molecular weight excluding hydrogens is 504 g/mol. The number of rotatable bonds is 7. The summed E-state index contributed by atoms with van der Waals surface area (Å²) in [5.74, 6) is -1.46. The number of aryl methyl sites for hydroxylation is 2. The van der Waals surface area contributed by atoms with Crippen molar-refractivity contribution in [2.75, 3.05) is 5.32 Å². The Bertz CT molecular complexity index is 1430. The third-order valence-electron chi connectivity index (χ3n) is 8.39. The molecule has 2 aliphatic rings. The van der Waals surface area contributed by atoms with Gasteiger partial charge in [-0.1, -0.05) is 56.7 Å². The van der Waals surface area contributed by atoms with Gasteiger partial charge in [-0.05, 0) is 73.4 Å². The van der Waals surface area contributed by atoms with Crippen LogP contribution in [0.3, 0.4) is 0 Å². The molecule has 8 nitrogen and oxygen atoms in total. The largest absolute Gasteiger partial charge is 0.506 e. The van der Waals surface area contributed by atoms with Gasteiger partial charge in [0.25, 0.3) is 5.91 Å². The fraction of sp³-hybridized carbons (Fsp3) is 0.375. The number of phenolic OH excluding ortho intramolecular Hbond substituents is 1. The summed E-state index contributed by atoms with van der Waals surface area (Å²) in [6, 6.07) is 13.7. The molecule has 0 spiro atoms. The van der Waals surface area contributed by atoms with Crippen molar-refractivity contribution in [1.29, 1.82) is 0 Å². The normalized spacial score (nSPS) is 20.6. The van der Waals surface area contributed by atoms with Crippen LogP contribution in [-0.4, -0.2) is 44.8 Å². The molecular formula is C32H36N4O4. The van der Waals surface area contributed by atoms with Crippen LogP contribution in [0.5, 0.6) is 5.75 Å². The van der Waals surface area contributed by atoms with E-state index < -0.39 is 24.0 Å². The van der Waals surface area contributed by atoms with Gasteiger partial charge in [-0.2, -0.15) is 0 Å². The maximum Gasteiger partial charge on any atom is 0.252 e. The van der Waals surface area contributed by atoms with Crippen LogP contribution in [-0.2, 0) is 27.2 Å². The van der Waals surface area contributed by atoms with Gasteiger partial charge in [-0.25, -0.2) is 0 Å². The van der Waals surface area contributed by atoms with Gasteiger partial charge in [0.1, 0.15) is 23.9 Å². The first kappa shape index (κ1) is 27.4. The molecule has 1 fully saturated rings. The third-order valence-corrected chi connectivity index (χ3v) is 8.39. The van der Waals surface area contributed by atoms with E-state index in [1.54, 1.807) is 24.4 Å². The second-order valence-corrected chi connectivity index (χ2v) is 11.1. The molecule has 4 atom stereocenters.